The van der Waals surface area contributed by atoms with E-state index < -0.39 is 0 Å². The SMILES string of the molecule is COc1cccc(C(=O)Nc2cccc(-c3ccc4nnc(-c5ccc(C)o5)n4n3)c2)c1. The molecular weight excluding hydrogens is 406 g/mol. The van der Waals surface area contributed by atoms with Crippen LogP contribution in [0.25, 0.3) is 28.5 Å². The zero-order valence-corrected chi connectivity index (χ0v) is 17.4. The molecule has 0 fully saturated rings. The Morgan fingerprint density at radius 3 is 2.69 bits per heavy atom. The number of aromatic nitrogens is 4. The van der Waals surface area contributed by atoms with Crippen LogP contribution >= 0.6 is 0 Å². The van der Waals surface area contributed by atoms with Crippen molar-refractivity contribution in [3.63, 3.8) is 0 Å². The Balaban J connectivity index is 1.45. The first kappa shape index (κ1) is 19.5. The molecule has 0 radical (unpaired) electrons. The smallest absolute Gasteiger partial charge is 0.255 e. The Morgan fingerprint density at radius 2 is 1.88 bits per heavy atom. The first-order chi connectivity index (χ1) is 15.6. The Kier molecular flexibility index (Phi) is 4.87. The van der Waals surface area contributed by atoms with Crippen LogP contribution in [0.4, 0.5) is 5.69 Å². The highest BCUT2D eigenvalue weighted by atomic mass is 16.5. The average molecular weight is 425 g/mol. The summed E-state index contributed by atoms with van der Waals surface area (Å²) in [4.78, 5) is 12.7. The van der Waals surface area contributed by atoms with E-state index in [2.05, 4.69) is 15.5 Å². The number of rotatable bonds is 5. The second kappa shape index (κ2) is 7.99. The third-order valence-corrected chi connectivity index (χ3v) is 4.97. The predicted molar refractivity (Wildman–Crippen MR) is 120 cm³/mol. The Labute approximate surface area is 183 Å². The van der Waals surface area contributed by atoms with Gasteiger partial charge in [0.1, 0.15) is 11.5 Å². The summed E-state index contributed by atoms with van der Waals surface area (Å²) in [7, 11) is 1.57. The van der Waals surface area contributed by atoms with E-state index in [4.69, 9.17) is 14.3 Å². The van der Waals surface area contributed by atoms with Gasteiger partial charge in [-0.15, -0.1) is 10.2 Å². The minimum atomic E-state index is -0.223. The van der Waals surface area contributed by atoms with E-state index in [9.17, 15) is 4.79 Å². The number of carbonyl (C=O) groups is 1. The molecule has 3 heterocycles. The van der Waals surface area contributed by atoms with Gasteiger partial charge in [0.15, 0.2) is 11.4 Å². The number of hydrogen-bond acceptors (Lipinski definition) is 6. The summed E-state index contributed by atoms with van der Waals surface area (Å²) < 4.78 is 12.5. The molecule has 0 bridgehead atoms. The van der Waals surface area contributed by atoms with E-state index in [-0.39, 0.29) is 5.91 Å². The Morgan fingerprint density at radius 1 is 1.00 bits per heavy atom. The maximum Gasteiger partial charge on any atom is 0.255 e. The van der Waals surface area contributed by atoms with Gasteiger partial charge >= 0.3 is 0 Å². The van der Waals surface area contributed by atoms with E-state index in [1.807, 2.05) is 55.5 Å². The summed E-state index contributed by atoms with van der Waals surface area (Å²) in [6, 6.07) is 21.9. The van der Waals surface area contributed by atoms with Crippen molar-refractivity contribution in [2.75, 3.05) is 12.4 Å². The van der Waals surface area contributed by atoms with Crippen LogP contribution in [-0.4, -0.2) is 32.8 Å². The minimum absolute atomic E-state index is 0.223. The zero-order chi connectivity index (χ0) is 22.1. The van der Waals surface area contributed by atoms with Gasteiger partial charge in [-0.05, 0) is 61.5 Å². The normalized spacial score (nSPS) is 10.9. The maximum absolute atomic E-state index is 12.7. The third kappa shape index (κ3) is 3.69. The molecule has 0 spiro atoms. The van der Waals surface area contributed by atoms with Crippen LogP contribution in [-0.2, 0) is 0 Å². The van der Waals surface area contributed by atoms with Crippen molar-refractivity contribution in [3.05, 3.63) is 84.1 Å². The molecule has 158 valence electrons. The lowest BCUT2D eigenvalue weighted by molar-refractivity contribution is 0.102. The first-order valence-corrected chi connectivity index (χ1v) is 9.96. The number of nitrogens with zero attached hydrogens (tertiary/aromatic N) is 4. The zero-order valence-electron chi connectivity index (χ0n) is 17.4. The summed E-state index contributed by atoms with van der Waals surface area (Å²) in [6.07, 6.45) is 0. The maximum atomic E-state index is 12.7. The highest BCUT2D eigenvalue weighted by Crippen LogP contribution is 2.25. The number of furan rings is 1. The number of fused-ring (bicyclic) bond motifs is 1. The summed E-state index contributed by atoms with van der Waals surface area (Å²) in [5.74, 6) is 2.31. The van der Waals surface area contributed by atoms with Crippen LogP contribution in [0.15, 0.2) is 77.2 Å². The number of amides is 1. The lowest BCUT2D eigenvalue weighted by Gasteiger charge is -2.09. The van der Waals surface area contributed by atoms with E-state index in [0.29, 0.717) is 39.9 Å². The average Bonchev–Trinajstić information content (AvgIpc) is 3.44. The van der Waals surface area contributed by atoms with Gasteiger partial charge in [0, 0.05) is 16.8 Å². The number of methoxy groups -OCH3 is 1. The monoisotopic (exact) mass is 425 g/mol. The van der Waals surface area contributed by atoms with Crippen molar-refractivity contribution >= 4 is 17.2 Å². The summed E-state index contributed by atoms with van der Waals surface area (Å²) in [5, 5.41) is 16.0. The number of hydrogen-bond donors (Lipinski definition) is 1. The van der Waals surface area contributed by atoms with Crippen molar-refractivity contribution in [1.29, 1.82) is 0 Å². The lowest BCUT2D eigenvalue weighted by atomic mass is 10.1. The molecule has 0 atom stereocenters. The fourth-order valence-corrected chi connectivity index (χ4v) is 3.38. The van der Waals surface area contributed by atoms with Gasteiger partial charge in [-0.25, -0.2) is 0 Å². The van der Waals surface area contributed by atoms with E-state index >= 15 is 0 Å². The fourth-order valence-electron chi connectivity index (χ4n) is 3.38. The second-order valence-electron chi connectivity index (χ2n) is 7.19. The third-order valence-electron chi connectivity index (χ3n) is 4.97. The first-order valence-electron chi connectivity index (χ1n) is 9.96. The van der Waals surface area contributed by atoms with Crippen LogP contribution in [0.5, 0.6) is 5.75 Å². The quantitative estimate of drug-likeness (QED) is 0.442. The molecule has 0 aliphatic rings. The fraction of sp³-hybridized carbons (Fsp3) is 0.0833. The standard InChI is InChI=1S/C24H19N5O3/c1-15-9-11-21(32-15)23-27-26-22-12-10-20(28-29(22)23)16-5-3-7-18(13-16)25-24(30)17-6-4-8-19(14-17)31-2/h3-14H,1-2H3,(H,25,30). The summed E-state index contributed by atoms with van der Waals surface area (Å²) >= 11 is 0. The molecule has 8 nitrogen and oxygen atoms in total. The molecule has 32 heavy (non-hydrogen) atoms. The summed E-state index contributed by atoms with van der Waals surface area (Å²) in [6.45, 7) is 1.87. The highest BCUT2D eigenvalue weighted by molar-refractivity contribution is 6.04. The van der Waals surface area contributed by atoms with Crippen LogP contribution in [0.3, 0.4) is 0 Å². The van der Waals surface area contributed by atoms with Gasteiger partial charge in [0.05, 0.1) is 12.8 Å². The predicted octanol–water partition coefficient (Wildman–Crippen LogP) is 4.62. The molecule has 8 heteroatoms. The second-order valence-corrected chi connectivity index (χ2v) is 7.19. The van der Waals surface area contributed by atoms with Crippen molar-refractivity contribution in [2.24, 2.45) is 0 Å². The van der Waals surface area contributed by atoms with Gasteiger partial charge in [-0.2, -0.15) is 9.61 Å². The lowest BCUT2D eigenvalue weighted by Crippen LogP contribution is -2.11. The molecule has 3 aromatic heterocycles. The molecule has 2 aromatic carbocycles. The molecule has 0 aliphatic carbocycles. The highest BCUT2D eigenvalue weighted by Gasteiger charge is 2.14. The number of anilines is 1. The molecule has 0 unspecified atom stereocenters. The molecule has 5 rings (SSSR count). The van der Waals surface area contributed by atoms with Crippen LogP contribution < -0.4 is 10.1 Å². The molecule has 0 aliphatic heterocycles. The van der Waals surface area contributed by atoms with Gasteiger partial charge in [-0.1, -0.05) is 18.2 Å². The number of carbonyl (C=O) groups excluding carboxylic acids is 1. The number of benzene rings is 2. The Bertz CT molecular complexity index is 1440. The number of aryl methyl sites for hydroxylation is 1. The van der Waals surface area contributed by atoms with Crippen LogP contribution in [0.2, 0.25) is 0 Å². The van der Waals surface area contributed by atoms with Crippen LogP contribution in [0, 0.1) is 6.92 Å². The number of ether oxygens (including phenoxy) is 1. The van der Waals surface area contributed by atoms with Crippen molar-refractivity contribution in [1.82, 2.24) is 19.8 Å². The van der Waals surface area contributed by atoms with Gasteiger partial charge in [0.2, 0.25) is 5.82 Å². The molecule has 1 amide bonds. The van der Waals surface area contributed by atoms with Crippen molar-refractivity contribution < 1.29 is 13.9 Å². The van der Waals surface area contributed by atoms with Gasteiger partial charge in [0.25, 0.3) is 5.91 Å². The van der Waals surface area contributed by atoms with Crippen LogP contribution in [0.1, 0.15) is 16.1 Å². The van der Waals surface area contributed by atoms with Gasteiger partial charge < -0.3 is 14.5 Å². The van der Waals surface area contributed by atoms with E-state index in [1.54, 1.807) is 35.9 Å². The molecule has 1 N–H and O–H groups in total. The molecule has 0 saturated carbocycles. The largest absolute Gasteiger partial charge is 0.497 e. The Hall–Kier alpha value is -4.46. The number of nitrogens with one attached hydrogen (secondary N) is 1. The van der Waals surface area contributed by atoms with Crippen molar-refractivity contribution in [2.45, 2.75) is 6.92 Å². The van der Waals surface area contributed by atoms with E-state index in [0.717, 1.165) is 11.3 Å². The molecule has 0 saturated heterocycles. The topological polar surface area (TPSA) is 94.5 Å². The van der Waals surface area contributed by atoms with Gasteiger partial charge in [-0.3, -0.25) is 4.79 Å². The molecular formula is C24H19N5O3. The molecule has 5 aromatic rings. The van der Waals surface area contributed by atoms with E-state index in [1.165, 1.54) is 0 Å². The minimum Gasteiger partial charge on any atom is -0.497 e. The van der Waals surface area contributed by atoms with Crippen molar-refractivity contribution in [3.8, 4) is 28.6 Å². The summed E-state index contributed by atoms with van der Waals surface area (Å²) in [5.41, 5.74) is 3.32.